The van der Waals surface area contributed by atoms with Crippen molar-refractivity contribution in [2.75, 3.05) is 0 Å². The molecule has 0 unspecified atom stereocenters. The van der Waals surface area contributed by atoms with Gasteiger partial charge in [0.2, 0.25) is 5.82 Å². The number of aromatic hydroxyl groups is 1. The predicted octanol–water partition coefficient (Wildman–Crippen LogP) is 5.13. The summed E-state index contributed by atoms with van der Waals surface area (Å²) in [6.07, 6.45) is 8.25. The van der Waals surface area contributed by atoms with Gasteiger partial charge in [-0.05, 0) is 63.1 Å². The smallest absolute Gasteiger partial charge is 0.328 e. The third-order valence-electron chi connectivity index (χ3n) is 6.71. The zero-order valence-corrected chi connectivity index (χ0v) is 21.2. The Morgan fingerprint density at radius 2 is 2.06 bits per heavy atom. The SMILES string of the molecule is C=C(C)[C@H]1CCC(C)=C[C@@H]1c1c(O)cc(CCCCC)cc1OC(=O)CCn1cc(F)c(=O)[nH]c1=O. The zero-order valence-electron chi connectivity index (χ0n) is 21.2. The van der Waals surface area contributed by atoms with Gasteiger partial charge in [0.1, 0.15) is 11.5 Å². The fourth-order valence-corrected chi connectivity index (χ4v) is 4.75. The maximum absolute atomic E-state index is 13.6. The topological polar surface area (TPSA) is 101 Å². The molecule has 2 aromatic rings. The molecule has 0 bridgehead atoms. The van der Waals surface area contributed by atoms with E-state index in [1.54, 1.807) is 6.07 Å². The molecule has 2 atom stereocenters. The second kappa shape index (κ2) is 12.0. The molecule has 1 heterocycles. The van der Waals surface area contributed by atoms with Crippen molar-refractivity contribution in [1.29, 1.82) is 0 Å². The van der Waals surface area contributed by atoms with E-state index in [-0.39, 0.29) is 36.3 Å². The van der Waals surface area contributed by atoms with Crippen molar-refractivity contribution in [1.82, 2.24) is 9.55 Å². The van der Waals surface area contributed by atoms with Crippen molar-refractivity contribution < 1.29 is 19.0 Å². The van der Waals surface area contributed by atoms with Crippen LogP contribution in [0.1, 0.15) is 76.3 Å². The van der Waals surface area contributed by atoms with Crippen LogP contribution in [0.15, 0.2) is 51.7 Å². The molecule has 0 saturated carbocycles. The number of phenolic OH excluding ortho intramolecular Hbond substituents is 1. The molecule has 0 saturated heterocycles. The first-order valence-corrected chi connectivity index (χ1v) is 12.5. The monoisotopic (exact) mass is 498 g/mol. The van der Waals surface area contributed by atoms with Gasteiger partial charge >= 0.3 is 11.7 Å². The van der Waals surface area contributed by atoms with Gasteiger partial charge < -0.3 is 9.84 Å². The summed E-state index contributed by atoms with van der Waals surface area (Å²) in [5.41, 5.74) is 1.68. The maximum atomic E-state index is 13.6. The lowest BCUT2D eigenvalue weighted by Crippen LogP contribution is -2.32. The number of aromatic amines is 1. The van der Waals surface area contributed by atoms with Gasteiger partial charge in [-0.2, -0.15) is 4.39 Å². The largest absolute Gasteiger partial charge is 0.507 e. The van der Waals surface area contributed by atoms with E-state index in [1.807, 2.05) is 24.9 Å². The molecular weight excluding hydrogens is 463 g/mol. The van der Waals surface area contributed by atoms with E-state index in [0.717, 1.165) is 60.4 Å². The van der Waals surface area contributed by atoms with E-state index in [1.165, 1.54) is 5.57 Å². The first-order valence-electron chi connectivity index (χ1n) is 12.5. The van der Waals surface area contributed by atoms with Gasteiger partial charge in [-0.1, -0.05) is 43.6 Å². The highest BCUT2D eigenvalue weighted by atomic mass is 19.1. The lowest BCUT2D eigenvalue weighted by atomic mass is 9.73. The van der Waals surface area contributed by atoms with Gasteiger partial charge in [-0.3, -0.25) is 19.1 Å². The minimum Gasteiger partial charge on any atom is -0.507 e. The Balaban J connectivity index is 1.92. The predicted molar refractivity (Wildman–Crippen MR) is 137 cm³/mol. The number of unbranched alkanes of at least 4 members (excludes halogenated alkanes) is 2. The zero-order chi connectivity index (χ0) is 26.4. The molecule has 0 spiro atoms. The number of nitrogens with zero attached hydrogens (tertiary/aromatic N) is 1. The van der Waals surface area contributed by atoms with Crippen LogP contribution in [0.4, 0.5) is 4.39 Å². The quantitative estimate of drug-likeness (QED) is 0.205. The van der Waals surface area contributed by atoms with Crippen LogP contribution >= 0.6 is 0 Å². The first-order chi connectivity index (χ1) is 17.1. The van der Waals surface area contributed by atoms with Crippen molar-refractivity contribution in [3.05, 3.63) is 79.9 Å². The number of H-pyrrole nitrogens is 1. The number of hydrogen-bond donors (Lipinski definition) is 2. The minimum atomic E-state index is -1.11. The Hall–Kier alpha value is -3.42. The average molecular weight is 499 g/mol. The number of esters is 1. The number of allylic oxidation sites excluding steroid dienone is 3. The highest BCUT2D eigenvalue weighted by molar-refractivity contribution is 5.73. The van der Waals surface area contributed by atoms with Crippen molar-refractivity contribution >= 4 is 5.97 Å². The summed E-state index contributed by atoms with van der Waals surface area (Å²) in [4.78, 5) is 37.9. The molecule has 3 rings (SSSR count). The summed E-state index contributed by atoms with van der Waals surface area (Å²) >= 11 is 0. The van der Waals surface area contributed by atoms with E-state index >= 15 is 0 Å². The molecule has 36 heavy (non-hydrogen) atoms. The molecule has 2 N–H and O–H groups in total. The van der Waals surface area contributed by atoms with Gasteiger partial charge in [-0.15, -0.1) is 0 Å². The Labute approximate surface area is 210 Å². The summed E-state index contributed by atoms with van der Waals surface area (Å²) in [6.45, 7) is 10.1. The van der Waals surface area contributed by atoms with Crippen LogP contribution < -0.4 is 16.0 Å². The number of nitrogens with one attached hydrogen (secondary N) is 1. The van der Waals surface area contributed by atoms with Crippen LogP contribution in [0, 0.1) is 11.7 Å². The summed E-state index contributed by atoms with van der Waals surface area (Å²) < 4.78 is 20.3. The van der Waals surface area contributed by atoms with E-state index in [0.29, 0.717) is 5.56 Å². The number of carbonyl (C=O) groups excluding carboxylic acids is 1. The van der Waals surface area contributed by atoms with E-state index in [9.17, 15) is 23.9 Å². The second-order valence-corrected chi connectivity index (χ2v) is 9.67. The first kappa shape index (κ1) is 27.2. The Kier molecular flexibility index (Phi) is 9.07. The molecule has 1 aromatic heterocycles. The van der Waals surface area contributed by atoms with Crippen LogP contribution in [-0.4, -0.2) is 20.6 Å². The number of aryl methyl sites for hydroxylation is 2. The third kappa shape index (κ3) is 6.62. The Morgan fingerprint density at radius 3 is 2.75 bits per heavy atom. The highest BCUT2D eigenvalue weighted by Gasteiger charge is 2.31. The average Bonchev–Trinajstić information content (AvgIpc) is 2.80. The number of rotatable bonds is 10. The molecule has 194 valence electrons. The second-order valence-electron chi connectivity index (χ2n) is 9.67. The summed E-state index contributed by atoms with van der Waals surface area (Å²) in [5, 5.41) is 11.1. The normalized spacial score (nSPS) is 17.5. The standard InChI is InChI=1S/C28H35FN2O5/c1-5-6-7-8-19-14-23(32)26(21-13-18(4)9-10-20(21)17(2)3)24(15-19)36-25(33)11-12-31-16-22(29)27(34)30-28(31)35/h13-16,20-21,32H,2,5-12H2,1,3-4H3,(H,30,34,35)/t20-,21+/m1/s1. The number of phenols is 1. The number of benzene rings is 1. The van der Waals surface area contributed by atoms with Crippen LogP contribution in [-0.2, 0) is 17.8 Å². The molecule has 8 heteroatoms. The molecule has 1 aliphatic carbocycles. The third-order valence-corrected chi connectivity index (χ3v) is 6.71. The van der Waals surface area contributed by atoms with Crippen LogP contribution in [0.5, 0.6) is 11.5 Å². The van der Waals surface area contributed by atoms with Crippen LogP contribution in [0.3, 0.4) is 0 Å². The van der Waals surface area contributed by atoms with E-state index in [2.05, 4.69) is 19.6 Å². The van der Waals surface area contributed by atoms with E-state index in [4.69, 9.17) is 4.74 Å². The van der Waals surface area contributed by atoms with Crippen molar-refractivity contribution in [2.24, 2.45) is 5.92 Å². The van der Waals surface area contributed by atoms with Crippen molar-refractivity contribution in [3.8, 4) is 11.5 Å². The molecule has 1 aromatic carbocycles. The fraction of sp³-hybridized carbons (Fsp3) is 0.464. The number of ether oxygens (including phenoxy) is 1. The van der Waals surface area contributed by atoms with Gasteiger partial charge in [0.05, 0.1) is 12.6 Å². The maximum Gasteiger partial charge on any atom is 0.328 e. The molecule has 0 fully saturated rings. The molecule has 0 radical (unpaired) electrons. The molecule has 0 amide bonds. The van der Waals surface area contributed by atoms with Crippen molar-refractivity contribution in [3.63, 3.8) is 0 Å². The Bertz CT molecular complexity index is 1270. The highest BCUT2D eigenvalue weighted by Crippen LogP contribution is 2.47. The van der Waals surface area contributed by atoms with Gasteiger partial charge in [0, 0.05) is 18.0 Å². The fourth-order valence-electron chi connectivity index (χ4n) is 4.75. The van der Waals surface area contributed by atoms with Gasteiger partial charge in [0.15, 0.2) is 0 Å². The van der Waals surface area contributed by atoms with Crippen LogP contribution in [0.2, 0.25) is 0 Å². The number of aromatic nitrogens is 2. The number of halogens is 1. The van der Waals surface area contributed by atoms with Gasteiger partial charge in [0.25, 0.3) is 5.56 Å². The van der Waals surface area contributed by atoms with Gasteiger partial charge in [-0.25, -0.2) is 4.79 Å². The molecule has 0 aliphatic heterocycles. The lowest BCUT2D eigenvalue weighted by molar-refractivity contribution is -0.134. The molecule has 7 nitrogen and oxygen atoms in total. The number of carbonyl (C=O) groups is 1. The number of hydrogen-bond acceptors (Lipinski definition) is 5. The Morgan fingerprint density at radius 1 is 1.31 bits per heavy atom. The van der Waals surface area contributed by atoms with Crippen LogP contribution in [0.25, 0.3) is 0 Å². The van der Waals surface area contributed by atoms with Crippen molar-refractivity contribution in [2.45, 2.75) is 78.2 Å². The summed E-state index contributed by atoms with van der Waals surface area (Å²) in [6, 6.07) is 3.56. The van der Waals surface area contributed by atoms with E-state index < -0.39 is 23.0 Å². The summed E-state index contributed by atoms with van der Waals surface area (Å²) in [7, 11) is 0. The molecule has 1 aliphatic rings. The lowest BCUT2D eigenvalue weighted by Gasteiger charge is -2.32. The molecular formula is C28H35FN2O5. The summed E-state index contributed by atoms with van der Waals surface area (Å²) in [5.74, 6) is -1.49. The minimum absolute atomic E-state index is 0.0768.